The summed E-state index contributed by atoms with van der Waals surface area (Å²) < 4.78 is 11.0. The molecule has 0 saturated carbocycles. The van der Waals surface area contributed by atoms with Crippen molar-refractivity contribution < 1.29 is 19.1 Å². The first-order chi connectivity index (χ1) is 14.5. The van der Waals surface area contributed by atoms with Crippen LogP contribution in [0.15, 0.2) is 66.7 Å². The van der Waals surface area contributed by atoms with Gasteiger partial charge in [0.2, 0.25) is 5.91 Å². The monoisotopic (exact) mass is 406 g/mol. The van der Waals surface area contributed by atoms with Crippen LogP contribution in [0.25, 0.3) is 10.8 Å². The van der Waals surface area contributed by atoms with Gasteiger partial charge in [0.25, 0.3) is 5.91 Å². The summed E-state index contributed by atoms with van der Waals surface area (Å²) in [6.07, 6.45) is 0. The SMILES string of the molecule is CNC(=O)[C@H](C)N(Cc1ccc(OC)cc1)C(=O)COc1cccc2ccccc12. The number of benzene rings is 3. The van der Waals surface area contributed by atoms with Crippen molar-refractivity contribution in [2.24, 2.45) is 0 Å². The molecule has 2 amide bonds. The Bertz CT molecular complexity index is 1010. The van der Waals surface area contributed by atoms with Crippen molar-refractivity contribution in [1.29, 1.82) is 0 Å². The predicted octanol–water partition coefficient (Wildman–Crippen LogP) is 3.39. The molecule has 0 unspecified atom stereocenters. The number of fused-ring (bicyclic) bond motifs is 1. The van der Waals surface area contributed by atoms with Gasteiger partial charge < -0.3 is 19.7 Å². The van der Waals surface area contributed by atoms with Crippen LogP contribution in [0.1, 0.15) is 12.5 Å². The molecule has 0 bridgehead atoms. The molecule has 30 heavy (non-hydrogen) atoms. The summed E-state index contributed by atoms with van der Waals surface area (Å²) >= 11 is 0. The van der Waals surface area contributed by atoms with Crippen molar-refractivity contribution in [3.05, 3.63) is 72.3 Å². The number of hydrogen-bond acceptors (Lipinski definition) is 4. The van der Waals surface area contributed by atoms with E-state index in [0.29, 0.717) is 5.75 Å². The largest absolute Gasteiger partial charge is 0.497 e. The average molecular weight is 406 g/mol. The fraction of sp³-hybridized carbons (Fsp3) is 0.250. The van der Waals surface area contributed by atoms with E-state index in [1.165, 1.54) is 4.90 Å². The van der Waals surface area contributed by atoms with Crippen LogP contribution < -0.4 is 14.8 Å². The zero-order chi connectivity index (χ0) is 21.5. The van der Waals surface area contributed by atoms with E-state index >= 15 is 0 Å². The highest BCUT2D eigenvalue weighted by Gasteiger charge is 2.26. The van der Waals surface area contributed by atoms with Crippen molar-refractivity contribution in [2.45, 2.75) is 19.5 Å². The Morgan fingerprint density at radius 1 is 1.00 bits per heavy atom. The Morgan fingerprint density at radius 3 is 2.40 bits per heavy atom. The van der Waals surface area contributed by atoms with E-state index in [2.05, 4.69) is 5.32 Å². The fourth-order valence-corrected chi connectivity index (χ4v) is 3.26. The van der Waals surface area contributed by atoms with E-state index in [1.807, 2.05) is 66.7 Å². The quantitative estimate of drug-likeness (QED) is 0.623. The Hall–Kier alpha value is -3.54. The number of nitrogens with one attached hydrogen (secondary N) is 1. The lowest BCUT2D eigenvalue weighted by Gasteiger charge is -2.28. The van der Waals surface area contributed by atoms with Gasteiger partial charge in [-0.2, -0.15) is 0 Å². The van der Waals surface area contributed by atoms with Gasteiger partial charge in [-0.25, -0.2) is 0 Å². The fourth-order valence-electron chi connectivity index (χ4n) is 3.26. The van der Waals surface area contributed by atoms with E-state index in [-0.39, 0.29) is 25.0 Å². The van der Waals surface area contributed by atoms with Gasteiger partial charge in [0, 0.05) is 19.0 Å². The van der Waals surface area contributed by atoms with Crippen LogP contribution >= 0.6 is 0 Å². The molecule has 0 aliphatic carbocycles. The Morgan fingerprint density at radius 2 is 1.70 bits per heavy atom. The summed E-state index contributed by atoms with van der Waals surface area (Å²) in [6.45, 7) is 1.83. The summed E-state index contributed by atoms with van der Waals surface area (Å²) in [5.74, 6) is 0.866. The standard InChI is InChI=1S/C24H26N2O4/c1-17(24(28)25-2)26(15-18-11-13-20(29-3)14-12-18)23(27)16-30-22-10-6-8-19-7-4-5-9-21(19)22/h4-14,17H,15-16H2,1-3H3,(H,25,28)/t17-/m0/s1. The lowest BCUT2D eigenvalue weighted by atomic mass is 10.1. The molecule has 3 aromatic carbocycles. The number of nitrogens with zero attached hydrogens (tertiary/aromatic N) is 1. The molecule has 156 valence electrons. The first kappa shape index (κ1) is 21.2. The molecule has 0 radical (unpaired) electrons. The van der Waals surface area contributed by atoms with Crippen molar-refractivity contribution >= 4 is 22.6 Å². The highest BCUT2D eigenvalue weighted by Crippen LogP contribution is 2.25. The number of carbonyl (C=O) groups excluding carboxylic acids is 2. The summed E-state index contributed by atoms with van der Waals surface area (Å²) in [4.78, 5) is 26.8. The predicted molar refractivity (Wildman–Crippen MR) is 117 cm³/mol. The van der Waals surface area contributed by atoms with Crippen LogP contribution in [-0.2, 0) is 16.1 Å². The highest BCUT2D eigenvalue weighted by molar-refractivity contribution is 5.90. The van der Waals surface area contributed by atoms with E-state index in [9.17, 15) is 9.59 Å². The minimum atomic E-state index is -0.638. The van der Waals surface area contributed by atoms with Gasteiger partial charge in [-0.05, 0) is 36.1 Å². The summed E-state index contributed by atoms with van der Waals surface area (Å²) in [6, 6.07) is 20.3. The van der Waals surface area contributed by atoms with Crippen molar-refractivity contribution in [1.82, 2.24) is 10.2 Å². The molecule has 6 heteroatoms. The van der Waals surface area contributed by atoms with E-state index < -0.39 is 6.04 Å². The molecular weight excluding hydrogens is 380 g/mol. The topological polar surface area (TPSA) is 67.9 Å². The molecule has 1 N–H and O–H groups in total. The van der Waals surface area contributed by atoms with Crippen molar-refractivity contribution in [3.63, 3.8) is 0 Å². The summed E-state index contributed by atoms with van der Waals surface area (Å²) in [7, 11) is 3.16. The maximum absolute atomic E-state index is 13.0. The minimum Gasteiger partial charge on any atom is -0.497 e. The normalized spacial score (nSPS) is 11.6. The first-order valence-corrected chi connectivity index (χ1v) is 9.78. The third-order valence-electron chi connectivity index (χ3n) is 5.03. The lowest BCUT2D eigenvalue weighted by molar-refractivity contribution is -0.142. The van der Waals surface area contributed by atoms with Gasteiger partial charge >= 0.3 is 0 Å². The smallest absolute Gasteiger partial charge is 0.261 e. The Labute approximate surface area is 176 Å². The molecule has 6 nitrogen and oxygen atoms in total. The first-order valence-electron chi connectivity index (χ1n) is 9.78. The Balaban J connectivity index is 1.77. The second-order valence-corrected chi connectivity index (χ2v) is 6.93. The summed E-state index contributed by atoms with van der Waals surface area (Å²) in [5.41, 5.74) is 0.894. The second-order valence-electron chi connectivity index (χ2n) is 6.93. The molecule has 1 atom stereocenters. The molecule has 0 aliphatic heterocycles. The third kappa shape index (κ3) is 4.89. The lowest BCUT2D eigenvalue weighted by Crippen LogP contribution is -2.48. The number of amides is 2. The summed E-state index contributed by atoms with van der Waals surface area (Å²) in [5, 5.41) is 4.59. The van der Waals surface area contributed by atoms with Gasteiger partial charge in [0.05, 0.1) is 7.11 Å². The highest BCUT2D eigenvalue weighted by atomic mass is 16.5. The second kappa shape index (κ2) is 9.78. The molecule has 0 spiro atoms. The van der Waals surface area contributed by atoms with Gasteiger partial charge in [0.1, 0.15) is 17.5 Å². The van der Waals surface area contributed by atoms with Crippen LogP contribution in [0.3, 0.4) is 0 Å². The molecule has 0 heterocycles. The molecule has 0 saturated heterocycles. The molecule has 0 aliphatic rings. The number of likely N-dealkylation sites (N-methyl/N-ethyl adjacent to an activating group) is 1. The zero-order valence-electron chi connectivity index (χ0n) is 17.4. The zero-order valence-corrected chi connectivity index (χ0v) is 17.4. The molecule has 0 aromatic heterocycles. The van der Waals surface area contributed by atoms with E-state index in [0.717, 1.165) is 22.1 Å². The number of hydrogen-bond donors (Lipinski definition) is 1. The van der Waals surface area contributed by atoms with Crippen LogP contribution in [0, 0.1) is 0 Å². The third-order valence-corrected chi connectivity index (χ3v) is 5.03. The maximum Gasteiger partial charge on any atom is 0.261 e. The van der Waals surface area contributed by atoms with Crippen LogP contribution in [0.5, 0.6) is 11.5 Å². The van der Waals surface area contributed by atoms with Crippen molar-refractivity contribution in [3.8, 4) is 11.5 Å². The van der Waals surface area contributed by atoms with Crippen LogP contribution in [0.4, 0.5) is 0 Å². The van der Waals surface area contributed by atoms with E-state index in [4.69, 9.17) is 9.47 Å². The van der Waals surface area contributed by atoms with Gasteiger partial charge in [0.15, 0.2) is 6.61 Å². The van der Waals surface area contributed by atoms with E-state index in [1.54, 1.807) is 21.1 Å². The number of methoxy groups -OCH3 is 1. The number of rotatable bonds is 8. The Kier molecular flexibility index (Phi) is 6.91. The minimum absolute atomic E-state index is 0.161. The average Bonchev–Trinajstić information content (AvgIpc) is 2.80. The molecule has 3 aromatic rings. The van der Waals surface area contributed by atoms with Gasteiger partial charge in [-0.1, -0.05) is 48.5 Å². The van der Waals surface area contributed by atoms with Crippen molar-refractivity contribution in [2.75, 3.05) is 20.8 Å². The molecule has 0 fully saturated rings. The van der Waals surface area contributed by atoms with Crippen LogP contribution in [0.2, 0.25) is 0 Å². The van der Waals surface area contributed by atoms with Gasteiger partial charge in [-0.15, -0.1) is 0 Å². The maximum atomic E-state index is 13.0. The van der Waals surface area contributed by atoms with Crippen LogP contribution in [-0.4, -0.2) is 43.5 Å². The number of ether oxygens (including phenoxy) is 2. The molecule has 3 rings (SSSR count). The number of carbonyl (C=O) groups is 2. The molecular formula is C24H26N2O4. The van der Waals surface area contributed by atoms with Gasteiger partial charge in [-0.3, -0.25) is 9.59 Å².